The molecule has 0 saturated heterocycles. The summed E-state index contributed by atoms with van der Waals surface area (Å²) in [5.74, 6) is 0. The van der Waals surface area contributed by atoms with Crippen molar-refractivity contribution in [1.82, 2.24) is 0 Å². The standard InChI is InChI=1S/C7H18NO.NO3/c1-5-6-8(3,4)7(2)9;2-1(3)4/h7,9H,5-6H2,1-4H3;/q+1;-1. The van der Waals surface area contributed by atoms with Crippen LogP contribution in [-0.4, -0.2) is 41.5 Å². The van der Waals surface area contributed by atoms with Crippen molar-refractivity contribution in [2.45, 2.75) is 26.5 Å². The van der Waals surface area contributed by atoms with Crippen molar-refractivity contribution in [3.8, 4) is 0 Å². The fraction of sp³-hybridized carbons (Fsp3) is 1.00. The number of aliphatic hydroxyl groups is 1. The maximum atomic E-state index is 9.18. The third-order valence-electron chi connectivity index (χ3n) is 1.81. The minimum absolute atomic E-state index is 0.245. The second kappa shape index (κ2) is 6.62. The molecular weight excluding hydrogens is 176 g/mol. The van der Waals surface area contributed by atoms with Crippen LogP contribution in [0.2, 0.25) is 0 Å². The van der Waals surface area contributed by atoms with Crippen molar-refractivity contribution in [3.05, 3.63) is 15.3 Å². The van der Waals surface area contributed by atoms with E-state index in [9.17, 15) is 5.11 Å². The molecule has 0 aliphatic heterocycles. The van der Waals surface area contributed by atoms with Gasteiger partial charge < -0.3 is 24.9 Å². The maximum absolute atomic E-state index is 9.18. The molecule has 0 bridgehead atoms. The van der Waals surface area contributed by atoms with Gasteiger partial charge in [-0.3, -0.25) is 0 Å². The first kappa shape index (κ1) is 14.6. The molecule has 0 aromatic heterocycles. The third-order valence-corrected chi connectivity index (χ3v) is 1.81. The SMILES string of the molecule is CCC[N+](C)(C)C(C)O.O=[N+]([O-])[O-]. The minimum atomic E-state index is -1.75. The predicted molar refractivity (Wildman–Crippen MR) is 49.3 cm³/mol. The summed E-state index contributed by atoms with van der Waals surface area (Å²) >= 11 is 0. The quantitative estimate of drug-likeness (QED) is 0.308. The van der Waals surface area contributed by atoms with Crippen LogP contribution in [0.1, 0.15) is 20.3 Å². The number of aliphatic hydroxyl groups excluding tert-OH is 1. The van der Waals surface area contributed by atoms with Gasteiger partial charge in [0.15, 0.2) is 6.23 Å². The molecular formula is C7H18N2O4. The van der Waals surface area contributed by atoms with Crippen molar-refractivity contribution < 1.29 is 14.7 Å². The van der Waals surface area contributed by atoms with Gasteiger partial charge in [-0.1, -0.05) is 6.92 Å². The Morgan fingerprint density at radius 2 is 1.77 bits per heavy atom. The second-order valence-electron chi connectivity index (χ2n) is 3.36. The van der Waals surface area contributed by atoms with Crippen LogP contribution in [0.5, 0.6) is 0 Å². The summed E-state index contributed by atoms with van der Waals surface area (Å²) in [6, 6.07) is 0. The van der Waals surface area contributed by atoms with Crippen LogP contribution in [0.4, 0.5) is 0 Å². The summed E-state index contributed by atoms with van der Waals surface area (Å²) in [6.07, 6.45) is 0.878. The van der Waals surface area contributed by atoms with Gasteiger partial charge in [0, 0.05) is 6.92 Å². The molecule has 13 heavy (non-hydrogen) atoms. The first-order valence-electron chi connectivity index (χ1n) is 4.06. The Morgan fingerprint density at radius 1 is 1.46 bits per heavy atom. The van der Waals surface area contributed by atoms with E-state index in [1.54, 1.807) is 0 Å². The van der Waals surface area contributed by atoms with Crippen molar-refractivity contribution in [2.24, 2.45) is 0 Å². The second-order valence-corrected chi connectivity index (χ2v) is 3.36. The van der Waals surface area contributed by atoms with E-state index in [0.717, 1.165) is 13.0 Å². The van der Waals surface area contributed by atoms with Gasteiger partial charge in [0.25, 0.3) is 0 Å². The summed E-state index contributed by atoms with van der Waals surface area (Å²) in [5.41, 5.74) is 0. The van der Waals surface area contributed by atoms with Gasteiger partial charge >= 0.3 is 0 Å². The van der Waals surface area contributed by atoms with E-state index in [-0.39, 0.29) is 6.23 Å². The molecule has 0 aromatic carbocycles. The van der Waals surface area contributed by atoms with Gasteiger partial charge in [-0.15, -0.1) is 0 Å². The van der Waals surface area contributed by atoms with Crippen LogP contribution in [0.3, 0.4) is 0 Å². The molecule has 0 amide bonds. The number of hydrogen-bond acceptors (Lipinski definition) is 4. The van der Waals surface area contributed by atoms with Crippen molar-refractivity contribution >= 4 is 0 Å². The van der Waals surface area contributed by atoms with E-state index in [2.05, 4.69) is 6.92 Å². The summed E-state index contributed by atoms with van der Waals surface area (Å²) < 4.78 is 0.705. The molecule has 0 spiro atoms. The fourth-order valence-corrected chi connectivity index (χ4v) is 0.763. The normalized spacial score (nSPS) is 12.7. The molecule has 0 aliphatic carbocycles. The lowest BCUT2D eigenvalue weighted by Gasteiger charge is -2.32. The zero-order chi connectivity index (χ0) is 11.1. The zero-order valence-corrected chi connectivity index (χ0v) is 8.56. The summed E-state index contributed by atoms with van der Waals surface area (Å²) in [5, 5.41) is 23.9. The number of nitrogens with zero attached hydrogens (tertiary/aromatic N) is 2. The van der Waals surface area contributed by atoms with E-state index in [1.807, 2.05) is 21.0 Å². The molecule has 0 heterocycles. The molecule has 0 fully saturated rings. The Balaban J connectivity index is 0. The van der Waals surface area contributed by atoms with E-state index in [0.29, 0.717) is 4.48 Å². The molecule has 0 aromatic rings. The van der Waals surface area contributed by atoms with Crippen molar-refractivity contribution in [3.63, 3.8) is 0 Å². The smallest absolute Gasteiger partial charge is 0.187 e. The number of quaternary nitrogens is 1. The van der Waals surface area contributed by atoms with E-state index >= 15 is 0 Å². The Bertz CT molecular complexity index is 143. The largest absolute Gasteiger partial charge is 0.356 e. The molecule has 6 nitrogen and oxygen atoms in total. The lowest BCUT2D eigenvalue weighted by molar-refractivity contribution is -0.934. The number of rotatable bonds is 3. The first-order valence-corrected chi connectivity index (χ1v) is 4.06. The Morgan fingerprint density at radius 3 is 1.85 bits per heavy atom. The van der Waals surface area contributed by atoms with Crippen LogP contribution >= 0.6 is 0 Å². The summed E-state index contributed by atoms with van der Waals surface area (Å²) in [4.78, 5) is 8.25. The van der Waals surface area contributed by atoms with Crippen LogP contribution in [0.25, 0.3) is 0 Å². The predicted octanol–water partition coefficient (Wildman–Crippen LogP) is 0.572. The van der Waals surface area contributed by atoms with E-state index in [4.69, 9.17) is 15.3 Å². The highest BCUT2D eigenvalue weighted by Crippen LogP contribution is 2.03. The van der Waals surface area contributed by atoms with Crippen LogP contribution < -0.4 is 0 Å². The van der Waals surface area contributed by atoms with Gasteiger partial charge in [0.1, 0.15) is 0 Å². The Labute approximate surface area is 78.1 Å². The van der Waals surface area contributed by atoms with Gasteiger partial charge in [-0.25, -0.2) is 0 Å². The van der Waals surface area contributed by atoms with Gasteiger partial charge in [-0.05, 0) is 6.42 Å². The van der Waals surface area contributed by atoms with Crippen molar-refractivity contribution in [1.29, 1.82) is 0 Å². The average Bonchev–Trinajstić information content (AvgIpc) is 1.85. The Kier molecular flexibility index (Phi) is 7.45. The molecule has 1 atom stereocenters. The summed E-state index contributed by atoms with van der Waals surface area (Å²) in [7, 11) is 4.07. The Hall–Kier alpha value is -0.880. The van der Waals surface area contributed by atoms with Crippen LogP contribution in [0.15, 0.2) is 0 Å². The molecule has 0 radical (unpaired) electrons. The van der Waals surface area contributed by atoms with Crippen LogP contribution in [-0.2, 0) is 0 Å². The summed E-state index contributed by atoms with van der Waals surface area (Å²) in [6.45, 7) is 5.00. The van der Waals surface area contributed by atoms with Gasteiger partial charge in [-0.2, -0.15) is 0 Å². The molecule has 80 valence electrons. The highest BCUT2D eigenvalue weighted by Gasteiger charge is 2.18. The van der Waals surface area contributed by atoms with Crippen LogP contribution in [0, 0.1) is 15.3 Å². The highest BCUT2D eigenvalue weighted by molar-refractivity contribution is 4.30. The molecule has 1 N–H and O–H groups in total. The van der Waals surface area contributed by atoms with E-state index < -0.39 is 5.09 Å². The lowest BCUT2D eigenvalue weighted by atomic mass is 10.3. The van der Waals surface area contributed by atoms with Crippen molar-refractivity contribution in [2.75, 3.05) is 20.6 Å². The van der Waals surface area contributed by atoms with Gasteiger partial charge in [0.2, 0.25) is 0 Å². The maximum Gasteiger partial charge on any atom is 0.187 e. The number of hydrogen-bond donors (Lipinski definition) is 1. The minimum Gasteiger partial charge on any atom is -0.356 e. The third kappa shape index (κ3) is 11.1. The molecule has 0 aliphatic rings. The molecule has 0 saturated carbocycles. The van der Waals surface area contributed by atoms with E-state index in [1.165, 1.54) is 0 Å². The molecule has 1 unspecified atom stereocenters. The lowest BCUT2D eigenvalue weighted by Crippen LogP contribution is -2.47. The van der Waals surface area contributed by atoms with Gasteiger partial charge in [0.05, 0.1) is 25.7 Å². The first-order chi connectivity index (χ1) is 5.74. The highest BCUT2D eigenvalue weighted by atomic mass is 16.9. The zero-order valence-electron chi connectivity index (χ0n) is 8.56. The topological polar surface area (TPSA) is 86.4 Å². The molecule has 0 rings (SSSR count). The average molecular weight is 194 g/mol. The monoisotopic (exact) mass is 194 g/mol. The molecule has 6 heteroatoms. The fourth-order valence-electron chi connectivity index (χ4n) is 0.763.